The maximum Gasteiger partial charge on any atom is 0.167 e. The summed E-state index contributed by atoms with van der Waals surface area (Å²) in [4.78, 5) is 9.73. The number of benzene rings is 1. The number of hydrogen-bond acceptors (Lipinski definition) is 2. The second kappa shape index (κ2) is 3.03. The van der Waals surface area contributed by atoms with E-state index in [0.717, 1.165) is 18.1 Å². The molecule has 2 nitrogen and oxygen atoms in total. The minimum atomic E-state index is 0.671. The first kappa shape index (κ1) is 6.83. The van der Waals surface area contributed by atoms with Crippen LogP contribution in [-0.2, 0) is 9.78 Å². The highest BCUT2D eigenvalue weighted by molar-refractivity contribution is 5.26. The molecule has 1 fully saturated rings. The SMILES string of the molecule is c1ccc([C]2CCOO2)cc1. The van der Waals surface area contributed by atoms with E-state index in [0.29, 0.717) is 6.61 Å². The molecule has 0 N–H and O–H groups in total. The molecule has 2 heteroatoms. The molecule has 0 atom stereocenters. The molecule has 1 aliphatic heterocycles. The summed E-state index contributed by atoms with van der Waals surface area (Å²) < 4.78 is 0. The molecule has 57 valence electrons. The molecule has 1 aromatic rings. The zero-order chi connectivity index (χ0) is 7.52. The van der Waals surface area contributed by atoms with Gasteiger partial charge in [-0.2, -0.15) is 0 Å². The third kappa shape index (κ3) is 1.42. The van der Waals surface area contributed by atoms with Crippen LogP contribution in [0.5, 0.6) is 0 Å². The summed E-state index contributed by atoms with van der Waals surface area (Å²) in [5, 5.41) is 0. The summed E-state index contributed by atoms with van der Waals surface area (Å²) >= 11 is 0. The van der Waals surface area contributed by atoms with Crippen LogP contribution in [0, 0.1) is 6.10 Å². The molecule has 1 aliphatic rings. The van der Waals surface area contributed by atoms with E-state index >= 15 is 0 Å². The van der Waals surface area contributed by atoms with E-state index in [1.54, 1.807) is 0 Å². The van der Waals surface area contributed by atoms with Gasteiger partial charge < -0.3 is 0 Å². The first-order valence-electron chi connectivity index (χ1n) is 3.67. The van der Waals surface area contributed by atoms with Crippen LogP contribution in [0.15, 0.2) is 30.3 Å². The molecular formula is C9H9O2. The Morgan fingerprint density at radius 2 is 1.91 bits per heavy atom. The molecule has 0 aliphatic carbocycles. The summed E-state index contributed by atoms with van der Waals surface area (Å²) in [6, 6.07) is 10.0. The highest BCUT2D eigenvalue weighted by Gasteiger charge is 2.19. The fourth-order valence-electron chi connectivity index (χ4n) is 1.11. The predicted molar refractivity (Wildman–Crippen MR) is 40.4 cm³/mol. The van der Waals surface area contributed by atoms with Gasteiger partial charge in [0, 0.05) is 6.42 Å². The summed E-state index contributed by atoms with van der Waals surface area (Å²) in [6.07, 6.45) is 1.81. The third-order valence-electron chi connectivity index (χ3n) is 1.67. The standard InChI is InChI=1S/C9H9O2/c1-2-4-8(5-3-1)9-6-7-10-11-9/h1-5H,6-7H2. The number of rotatable bonds is 1. The van der Waals surface area contributed by atoms with Crippen LogP contribution < -0.4 is 0 Å². The molecule has 0 amide bonds. The Labute approximate surface area is 65.7 Å². The summed E-state index contributed by atoms with van der Waals surface area (Å²) in [5.41, 5.74) is 1.12. The maximum absolute atomic E-state index is 4.96. The van der Waals surface area contributed by atoms with Crippen molar-refractivity contribution in [3.63, 3.8) is 0 Å². The molecule has 1 heterocycles. The monoisotopic (exact) mass is 149 g/mol. The van der Waals surface area contributed by atoms with Crippen molar-refractivity contribution in [3.8, 4) is 0 Å². The predicted octanol–water partition coefficient (Wildman–Crippen LogP) is 1.92. The molecule has 1 radical (unpaired) electrons. The van der Waals surface area contributed by atoms with Crippen molar-refractivity contribution in [1.29, 1.82) is 0 Å². The molecule has 0 bridgehead atoms. The van der Waals surface area contributed by atoms with E-state index < -0.39 is 0 Å². The highest BCUT2D eigenvalue weighted by atomic mass is 17.2. The minimum absolute atomic E-state index is 0.671. The molecule has 0 spiro atoms. The molecule has 0 unspecified atom stereocenters. The Morgan fingerprint density at radius 1 is 1.09 bits per heavy atom. The normalized spacial score (nSPS) is 18.9. The highest BCUT2D eigenvalue weighted by Crippen LogP contribution is 2.24. The lowest BCUT2D eigenvalue weighted by molar-refractivity contribution is -0.239. The average molecular weight is 149 g/mol. The van der Waals surface area contributed by atoms with Gasteiger partial charge in [-0.25, -0.2) is 9.78 Å². The van der Waals surface area contributed by atoms with E-state index in [-0.39, 0.29) is 0 Å². The zero-order valence-corrected chi connectivity index (χ0v) is 6.12. The lowest BCUT2D eigenvalue weighted by atomic mass is 10.1. The van der Waals surface area contributed by atoms with Gasteiger partial charge in [0.05, 0.1) is 6.61 Å². The summed E-state index contributed by atoms with van der Waals surface area (Å²) in [5.74, 6) is 0. The van der Waals surface area contributed by atoms with Gasteiger partial charge in [0.2, 0.25) is 0 Å². The van der Waals surface area contributed by atoms with E-state index in [9.17, 15) is 0 Å². The van der Waals surface area contributed by atoms with Gasteiger partial charge in [-0.05, 0) is 5.56 Å². The molecule has 2 rings (SSSR count). The third-order valence-corrected chi connectivity index (χ3v) is 1.67. The average Bonchev–Trinajstić information content (AvgIpc) is 2.58. The van der Waals surface area contributed by atoms with Gasteiger partial charge in [0.25, 0.3) is 0 Å². The fraction of sp³-hybridized carbons (Fsp3) is 0.222. The first-order chi connectivity index (χ1) is 5.47. The zero-order valence-electron chi connectivity index (χ0n) is 6.12. The first-order valence-corrected chi connectivity index (χ1v) is 3.67. The van der Waals surface area contributed by atoms with Crippen molar-refractivity contribution in [1.82, 2.24) is 0 Å². The Hall–Kier alpha value is -0.860. The Morgan fingerprint density at radius 3 is 2.55 bits per heavy atom. The van der Waals surface area contributed by atoms with E-state index in [1.165, 1.54) is 0 Å². The van der Waals surface area contributed by atoms with Gasteiger partial charge in [-0.1, -0.05) is 30.3 Å². The molecule has 11 heavy (non-hydrogen) atoms. The van der Waals surface area contributed by atoms with Gasteiger partial charge in [-0.15, -0.1) is 0 Å². The second-order valence-electron chi connectivity index (χ2n) is 2.44. The Kier molecular flexibility index (Phi) is 1.88. The molecule has 1 aromatic carbocycles. The maximum atomic E-state index is 4.96. The quantitative estimate of drug-likeness (QED) is 0.568. The van der Waals surface area contributed by atoms with Crippen molar-refractivity contribution < 1.29 is 9.78 Å². The van der Waals surface area contributed by atoms with E-state index in [4.69, 9.17) is 9.78 Å². The Balaban J connectivity index is 2.16. The van der Waals surface area contributed by atoms with Crippen LogP contribution in [0.3, 0.4) is 0 Å². The van der Waals surface area contributed by atoms with Crippen LogP contribution >= 0.6 is 0 Å². The molecular weight excluding hydrogens is 140 g/mol. The van der Waals surface area contributed by atoms with E-state index in [1.807, 2.05) is 30.3 Å². The minimum Gasteiger partial charge on any atom is -0.236 e. The van der Waals surface area contributed by atoms with Gasteiger partial charge >= 0.3 is 0 Å². The van der Waals surface area contributed by atoms with Crippen molar-refractivity contribution >= 4 is 0 Å². The summed E-state index contributed by atoms with van der Waals surface area (Å²) in [6.45, 7) is 0.671. The molecule has 0 aromatic heterocycles. The van der Waals surface area contributed by atoms with Crippen LogP contribution in [0.2, 0.25) is 0 Å². The van der Waals surface area contributed by atoms with Crippen LogP contribution in [-0.4, -0.2) is 6.61 Å². The lowest BCUT2D eigenvalue weighted by Crippen LogP contribution is -1.94. The van der Waals surface area contributed by atoms with Gasteiger partial charge in [0.1, 0.15) is 0 Å². The summed E-state index contributed by atoms with van der Waals surface area (Å²) in [7, 11) is 0. The van der Waals surface area contributed by atoms with Gasteiger partial charge in [0.15, 0.2) is 6.10 Å². The van der Waals surface area contributed by atoms with Crippen molar-refractivity contribution in [2.24, 2.45) is 0 Å². The topological polar surface area (TPSA) is 18.5 Å². The molecule has 1 saturated heterocycles. The van der Waals surface area contributed by atoms with E-state index in [2.05, 4.69) is 0 Å². The van der Waals surface area contributed by atoms with Crippen LogP contribution in [0.4, 0.5) is 0 Å². The largest absolute Gasteiger partial charge is 0.236 e. The van der Waals surface area contributed by atoms with Crippen molar-refractivity contribution in [2.45, 2.75) is 6.42 Å². The molecule has 0 saturated carbocycles. The van der Waals surface area contributed by atoms with Crippen LogP contribution in [0.1, 0.15) is 12.0 Å². The number of hydrogen-bond donors (Lipinski definition) is 0. The van der Waals surface area contributed by atoms with Crippen molar-refractivity contribution in [3.05, 3.63) is 42.0 Å². The fourth-order valence-corrected chi connectivity index (χ4v) is 1.11. The second-order valence-corrected chi connectivity index (χ2v) is 2.44. The van der Waals surface area contributed by atoms with Gasteiger partial charge in [-0.3, -0.25) is 0 Å². The Bertz CT molecular complexity index is 214. The van der Waals surface area contributed by atoms with Crippen molar-refractivity contribution in [2.75, 3.05) is 6.61 Å². The smallest absolute Gasteiger partial charge is 0.167 e. The lowest BCUT2D eigenvalue weighted by Gasteiger charge is -2.03. The van der Waals surface area contributed by atoms with Crippen LogP contribution in [0.25, 0.3) is 0 Å².